The van der Waals surface area contributed by atoms with Gasteiger partial charge in [-0.2, -0.15) is 0 Å². The second kappa shape index (κ2) is 79.3. The number of hydrogen-bond acceptors (Lipinski definition) is 1. The van der Waals surface area contributed by atoms with E-state index in [9.17, 15) is 0 Å². The van der Waals surface area contributed by atoms with Crippen molar-refractivity contribution >= 4 is 6.16 Å². The first-order chi connectivity index (χ1) is 42.0. The van der Waals surface area contributed by atoms with Crippen LogP contribution in [0.25, 0.3) is 0 Å². The lowest BCUT2D eigenvalue weighted by atomic mass is 10.0. The van der Waals surface area contributed by atoms with Crippen LogP contribution in [0.1, 0.15) is 490 Å². The maximum absolute atomic E-state index is 8.56. The zero-order chi connectivity index (χ0) is 61.8. The molecular formula is C81H166NO3+. The summed E-state index contributed by atoms with van der Waals surface area (Å²) in [6, 6.07) is 0. The van der Waals surface area contributed by atoms with Gasteiger partial charge >= 0.3 is 6.16 Å². The van der Waals surface area contributed by atoms with Crippen molar-refractivity contribution in [1.82, 2.24) is 0 Å². The Kier molecular flexibility index (Phi) is 80.5. The Morgan fingerprint density at radius 1 is 0.165 bits per heavy atom. The van der Waals surface area contributed by atoms with Gasteiger partial charge in [-0.3, -0.25) is 0 Å². The largest absolute Gasteiger partial charge is 0.503 e. The Bertz CT molecular complexity index is 988. The first-order valence-electron chi connectivity index (χ1n) is 40.7. The van der Waals surface area contributed by atoms with Crippen LogP contribution in [-0.2, 0) is 0 Å². The van der Waals surface area contributed by atoms with E-state index in [0.29, 0.717) is 0 Å². The van der Waals surface area contributed by atoms with E-state index in [1.165, 1.54) is 493 Å². The quantitative estimate of drug-likeness (QED) is 0.0471. The molecule has 0 aromatic rings. The highest BCUT2D eigenvalue weighted by Gasteiger charge is 2.26. The minimum absolute atomic E-state index is 1.37. The number of rotatable bonds is 76. The van der Waals surface area contributed by atoms with Gasteiger partial charge < -0.3 is 14.7 Å². The lowest BCUT2D eigenvalue weighted by Crippen LogP contribution is -2.50. The van der Waals surface area contributed by atoms with Gasteiger partial charge in [-0.25, -0.2) is 4.79 Å². The molecule has 0 amide bonds. The molecule has 0 aliphatic heterocycles. The zero-order valence-corrected chi connectivity index (χ0v) is 60.0. The van der Waals surface area contributed by atoms with Crippen LogP contribution >= 0.6 is 0 Å². The molecule has 0 heterocycles. The maximum Gasteiger partial charge on any atom is 0.503 e. The summed E-state index contributed by atoms with van der Waals surface area (Å²) in [5.41, 5.74) is 0. The van der Waals surface area contributed by atoms with Crippen LogP contribution in [0.2, 0.25) is 0 Å². The number of quaternary nitrogens is 1. The van der Waals surface area contributed by atoms with Crippen molar-refractivity contribution in [2.45, 2.75) is 490 Å². The Labute approximate surface area is 539 Å². The van der Waals surface area contributed by atoms with Crippen molar-refractivity contribution in [2.75, 3.05) is 26.2 Å². The molecule has 0 aromatic heterocycles. The topological polar surface area (TPSA) is 57.5 Å². The molecule has 0 aliphatic carbocycles. The maximum atomic E-state index is 8.56. The summed E-state index contributed by atoms with van der Waals surface area (Å²) in [7, 11) is 0. The highest BCUT2D eigenvalue weighted by Crippen LogP contribution is 2.24. The molecule has 512 valence electrons. The van der Waals surface area contributed by atoms with Gasteiger partial charge in [-0.15, -0.1) is 0 Å². The highest BCUT2D eigenvalue weighted by atomic mass is 16.6. The SMILES string of the molecule is CCCCCCCCCCCCCCCCCCCC[N+](CCCCCCCCCCCCCCCCCCCC)(CCCCCCCCCCCCCCCCCCCC)CCCCCCCCCCCCCCCCCCCC.O=C(O)O. The van der Waals surface area contributed by atoms with E-state index in [2.05, 4.69) is 27.7 Å². The molecule has 0 spiro atoms. The third-order valence-electron chi connectivity index (χ3n) is 19.9. The lowest BCUT2D eigenvalue weighted by Gasteiger charge is -2.40. The van der Waals surface area contributed by atoms with Crippen molar-refractivity contribution in [3.63, 3.8) is 0 Å². The standard InChI is InChI=1S/C80H164N.CH2O3/c1-5-9-13-17-21-25-29-33-37-41-45-49-53-57-61-65-69-73-77-81(78-74-70-66-62-58-54-50-46-42-38-34-30-26-22-18-14-10-6-2,79-75-71-67-63-59-55-51-47-43-39-35-31-27-23-19-15-11-7-3)80-76-72-68-64-60-56-52-48-44-40-36-32-28-24-20-16-12-8-4;2-1(3)4/h5-80H2,1-4H3;(H2,2,3,4)/q+1;. The van der Waals surface area contributed by atoms with Crippen LogP contribution in [0.15, 0.2) is 0 Å². The Balaban J connectivity index is 0. The van der Waals surface area contributed by atoms with Crippen LogP contribution in [0.5, 0.6) is 0 Å². The van der Waals surface area contributed by atoms with E-state index in [0.717, 1.165) is 0 Å². The molecule has 0 saturated heterocycles. The highest BCUT2D eigenvalue weighted by molar-refractivity contribution is 5.53. The van der Waals surface area contributed by atoms with Gasteiger partial charge in [0.05, 0.1) is 26.2 Å². The molecule has 0 radical (unpaired) electrons. The molecule has 0 atom stereocenters. The second-order valence-electron chi connectivity index (χ2n) is 28.6. The van der Waals surface area contributed by atoms with Gasteiger partial charge in [-0.05, 0) is 51.4 Å². The van der Waals surface area contributed by atoms with Gasteiger partial charge in [0.25, 0.3) is 0 Å². The number of nitrogens with zero attached hydrogens (tertiary/aromatic N) is 1. The fourth-order valence-corrected chi connectivity index (χ4v) is 14.1. The van der Waals surface area contributed by atoms with Gasteiger partial charge in [0, 0.05) is 0 Å². The summed E-state index contributed by atoms with van der Waals surface area (Å²) in [4.78, 5) is 8.56. The van der Waals surface area contributed by atoms with E-state index < -0.39 is 6.16 Å². The molecule has 4 heteroatoms. The summed E-state index contributed by atoms with van der Waals surface area (Å²) in [5, 5.41) is 13.9. The predicted octanol–water partition coefficient (Wildman–Crippen LogP) is 30.2. The van der Waals surface area contributed by atoms with E-state index in [1.807, 2.05) is 0 Å². The summed E-state index contributed by atoms with van der Waals surface area (Å²) in [6.45, 7) is 15.3. The number of carboxylic acid groups (broad SMARTS) is 2. The van der Waals surface area contributed by atoms with Crippen LogP contribution in [-0.4, -0.2) is 47.0 Å². The summed E-state index contributed by atoms with van der Waals surface area (Å²) in [6.07, 6.45) is 105. The third-order valence-corrected chi connectivity index (χ3v) is 19.9. The second-order valence-corrected chi connectivity index (χ2v) is 28.6. The van der Waals surface area contributed by atoms with E-state index in [-0.39, 0.29) is 0 Å². The van der Waals surface area contributed by atoms with E-state index >= 15 is 0 Å². The lowest BCUT2D eigenvalue weighted by molar-refractivity contribution is -0.929. The van der Waals surface area contributed by atoms with E-state index in [1.54, 1.807) is 0 Å². The zero-order valence-electron chi connectivity index (χ0n) is 60.0. The normalized spacial score (nSPS) is 11.7. The van der Waals surface area contributed by atoms with Crippen molar-refractivity contribution in [3.8, 4) is 0 Å². The average molecular weight is 1200 g/mol. The number of unbranched alkanes of at least 4 members (excludes halogenated alkanes) is 68. The van der Waals surface area contributed by atoms with Crippen LogP contribution in [0.3, 0.4) is 0 Å². The monoisotopic (exact) mass is 1200 g/mol. The molecule has 2 N–H and O–H groups in total. The van der Waals surface area contributed by atoms with Gasteiger partial charge in [0.1, 0.15) is 0 Å². The summed E-state index contributed by atoms with van der Waals surface area (Å²) < 4.78 is 1.50. The molecule has 0 saturated carbocycles. The van der Waals surface area contributed by atoms with Crippen LogP contribution in [0, 0.1) is 0 Å². The van der Waals surface area contributed by atoms with Crippen LogP contribution < -0.4 is 0 Å². The predicted molar refractivity (Wildman–Crippen MR) is 386 cm³/mol. The van der Waals surface area contributed by atoms with Crippen molar-refractivity contribution in [2.24, 2.45) is 0 Å². The molecule has 4 nitrogen and oxygen atoms in total. The third kappa shape index (κ3) is 79.3. The molecular weight excluding hydrogens is 1030 g/mol. The van der Waals surface area contributed by atoms with Crippen molar-refractivity contribution in [1.29, 1.82) is 0 Å². The molecule has 0 rings (SSSR count). The molecule has 0 bridgehead atoms. The molecule has 0 aliphatic rings. The van der Waals surface area contributed by atoms with Gasteiger partial charge in [0.2, 0.25) is 0 Å². The van der Waals surface area contributed by atoms with Crippen molar-refractivity contribution in [3.05, 3.63) is 0 Å². The number of carbonyl (C=O) groups is 1. The van der Waals surface area contributed by atoms with Gasteiger partial charge in [0.15, 0.2) is 0 Å². The first-order valence-corrected chi connectivity index (χ1v) is 40.7. The fourth-order valence-electron chi connectivity index (χ4n) is 14.1. The molecule has 85 heavy (non-hydrogen) atoms. The summed E-state index contributed by atoms with van der Waals surface area (Å²) >= 11 is 0. The van der Waals surface area contributed by atoms with E-state index in [4.69, 9.17) is 15.0 Å². The number of hydrogen-bond donors (Lipinski definition) is 2. The Morgan fingerprint density at radius 2 is 0.235 bits per heavy atom. The minimum Gasteiger partial charge on any atom is -0.450 e. The average Bonchev–Trinajstić information content (AvgIpc) is 3.50. The molecule has 0 unspecified atom stereocenters. The fraction of sp³-hybridized carbons (Fsp3) is 0.988. The smallest absolute Gasteiger partial charge is 0.450 e. The van der Waals surface area contributed by atoms with Crippen LogP contribution in [0.4, 0.5) is 4.79 Å². The molecule has 0 fully saturated rings. The minimum atomic E-state index is -1.83. The summed E-state index contributed by atoms with van der Waals surface area (Å²) in [5.74, 6) is 0. The van der Waals surface area contributed by atoms with Gasteiger partial charge in [-0.1, -0.05) is 439 Å². The first kappa shape index (κ1) is 86.3. The van der Waals surface area contributed by atoms with Crippen molar-refractivity contribution < 1.29 is 19.5 Å². The Hall–Kier alpha value is -0.770. The molecule has 0 aromatic carbocycles. The Morgan fingerprint density at radius 3 is 0.318 bits per heavy atom.